The molecule has 0 aliphatic rings. The van der Waals surface area contributed by atoms with Gasteiger partial charge in [0.15, 0.2) is 5.13 Å². The molecule has 0 atom stereocenters. The van der Waals surface area contributed by atoms with Crippen LogP contribution in [0.15, 0.2) is 65.0 Å². The van der Waals surface area contributed by atoms with Gasteiger partial charge < -0.3 is 4.74 Å². The lowest BCUT2D eigenvalue weighted by molar-refractivity contribution is -0.142. The van der Waals surface area contributed by atoms with E-state index in [-0.39, 0.29) is 17.9 Å². The lowest BCUT2D eigenvalue weighted by atomic mass is 10.1. The van der Waals surface area contributed by atoms with Crippen LogP contribution in [-0.2, 0) is 16.0 Å². The van der Waals surface area contributed by atoms with Crippen LogP contribution in [0.4, 0.5) is 5.13 Å². The summed E-state index contributed by atoms with van der Waals surface area (Å²) in [7, 11) is 0. The van der Waals surface area contributed by atoms with Gasteiger partial charge in [0, 0.05) is 5.38 Å². The van der Waals surface area contributed by atoms with E-state index in [4.69, 9.17) is 4.74 Å². The largest absolute Gasteiger partial charge is 0.466 e. The number of esters is 1. The molecule has 0 aliphatic carbocycles. The molecular formula is C22H18N4O4S. The fourth-order valence-electron chi connectivity index (χ4n) is 3.09. The minimum Gasteiger partial charge on any atom is -0.466 e. The number of ether oxygens (including phenoxy) is 1. The molecule has 0 radical (unpaired) electrons. The number of amides is 1. The minimum absolute atomic E-state index is 0.0367. The van der Waals surface area contributed by atoms with Gasteiger partial charge in [-0.2, -0.15) is 0 Å². The maximum absolute atomic E-state index is 13.0. The molecule has 1 amide bonds. The molecule has 4 aromatic rings. The van der Waals surface area contributed by atoms with Gasteiger partial charge in [-0.05, 0) is 31.2 Å². The second kappa shape index (κ2) is 8.88. The van der Waals surface area contributed by atoms with Gasteiger partial charge in [0.2, 0.25) is 0 Å². The zero-order chi connectivity index (χ0) is 21.8. The van der Waals surface area contributed by atoms with E-state index in [1.807, 2.05) is 6.07 Å². The number of nitrogens with zero attached hydrogens (tertiary/aromatic N) is 3. The molecule has 0 fully saturated rings. The molecule has 0 bridgehead atoms. The van der Waals surface area contributed by atoms with Crippen molar-refractivity contribution < 1.29 is 14.3 Å². The molecule has 156 valence electrons. The smallest absolute Gasteiger partial charge is 0.311 e. The summed E-state index contributed by atoms with van der Waals surface area (Å²) < 4.78 is 6.26. The highest BCUT2D eigenvalue weighted by Crippen LogP contribution is 2.20. The zero-order valence-electron chi connectivity index (χ0n) is 16.6. The van der Waals surface area contributed by atoms with Crippen molar-refractivity contribution in [2.45, 2.75) is 13.3 Å². The molecule has 2 heterocycles. The Labute approximate surface area is 181 Å². The van der Waals surface area contributed by atoms with E-state index in [0.29, 0.717) is 39.6 Å². The number of hydrogen-bond acceptors (Lipinski definition) is 7. The first-order chi connectivity index (χ1) is 15.1. The quantitative estimate of drug-likeness (QED) is 0.468. The van der Waals surface area contributed by atoms with Gasteiger partial charge in [-0.1, -0.05) is 24.3 Å². The summed E-state index contributed by atoms with van der Waals surface area (Å²) in [5.74, 6) is -0.799. The molecule has 0 unspecified atom stereocenters. The molecule has 0 aliphatic heterocycles. The first-order valence-corrected chi connectivity index (χ1v) is 10.4. The summed E-state index contributed by atoms with van der Waals surface area (Å²) >= 11 is 1.21. The Kier molecular flexibility index (Phi) is 5.85. The maximum atomic E-state index is 13.0. The molecule has 31 heavy (non-hydrogen) atoms. The van der Waals surface area contributed by atoms with Gasteiger partial charge in [0.1, 0.15) is 6.33 Å². The monoisotopic (exact) mass is 434 g/mol. The number of nitrogens with one attached hydrogen (secondary N) is 1. The molecule has 0 spiro atoms. The van der Waals surface area contributed by atoms with Gasteiger partial charge in [-0.25, -0.2) is 9.97 Å². The number of hydrogen-bond donors (Lipinski definition) is 1. The lowest BCUT2D eigenvalue weighted by Crippen LogP contribution is -2.22. The van der Waals surface area contributed by atoms with Crippen LogP contribution in [0, 0.1) is 0 Å². The molecule has 9 heteroatoms. The van der Waals surface area contributed by atoms with Gasteiger partial charge >= 0.3 is 5.97 Å². The van der Waals surface area contributed by atoms with Crippen LogP contribution in [0.1, 0.15) is 23.0 Å². The number of carbonyl (C=O) groups excluding carboxylic acids is 2. The van der Waals surface area contributed by atoms with E-state index in [1.54, 1.807) is 54.8 Å². The van der Waals surface area contributed by atoms with Crippen molar-refractivity contribution in [1.29, 1.82) is 0 Å². The van der Waals surface area contributed by atoms with Crippen LogP contribution in [-0.4, -0.2) is 33.0 Å². The molecular weight excluding hydrogens is 416 g/mol. The summed E-state index contributed by atoms with van der Waals surface area (Å²) in [5, 5.41) is 5.23. The third kappa shape index (κ3) is 4.36. The Bertz CT molecular complexity index is 1330. The number of benzene rings is 2. The van der Waals surface area contributed by atoms with Crippen LogP contribution in [0.25, 0.3) is 16.6 Å². The van der Waals surface area contributed by atoms with Crippen LogP contribution in [0.2, 0.25) is 0 Å². The van der Waals surface area contributed by atoms with Gasteiger partial charge in [-0.3, -0.25) is 24.3 Å². The summed E-state index contributed by atoms with van der Waals surface area (Å²) in [6.07, 6.45) is 1.45. The van der Waals surface area contributed by atoms with Crippen molar-refractivity contribution >= 4 is 39.2 Å². The summed E-state index contributed by atoms with van der Waals surface area (Å²) in [6.45, 7) is 2.03. The van der Waals surface area contributed by atoms with E-state index >= 15 is 0 Å². The van der Waals surface area contributed by atoms with Crippen molar-refractivity contribution in [3.05, 3.63) is 81.8 Å². The van der Waals surface area contributed by atoms with Crippen LogP contribution < -0.4 is 10.9 Å². The molecule has 0 saturated carbocycles. The highest BCUT2D eigenvalue weighted by atomic mass is 32.1. The number of rotatable bonds is 6. The second-order valence-electron chi connectivity index (χ2n) is 6.53. The Hall–Kier alpha value is -3.85. The predicted octanol–water partition coefficient (Wildman–Crippen LogP) is 3.20. The average Bonchev–Trinajstić information content (AvgIpc) is 3.21. The lowest BCUT2D eigenvalue weighted by Gasteiger charge is -2.11. The fourth-order valence-corrected chi connectivity index (χ4v) is 3.79. The van der Waals surface area contributed by atoms with Crippen LogP contribution in [0.3, 0.4) is 0 Å². The van der Waals surface area contributed by atoms with Crippen molar-refractivity contribution in [1.82, 2.24) is 14.5 Å². The van der Waals surface area contributed by atoms with E-state index in [0.717, 1.165) is 0 Å². The number of fused-ring (bicyclic) bond motifs is 1. The van der Waals surface area contributed by atoms with E-state index in [9.17, 15) is 14.4 Å². The Balaban J connectivity index is 1.62. The number of thiazole rings is 1. The first-order valence-electron chi connectivity index (χ1n) is 9.54. The molecule has 4 rings (SSSR count). The molecule has 8 nitrogen and oxygen atoms in total. The van der Waals surface area contributed by atoms with E-state index in [1.165, 1.54) is 22.2 Å². The van der Waals surface area contributed by atoms with E-state index in [2.05, 4.69) is 15.3 Å². The number of para-hydroxylation sites is 2. The molecule has 0 saturated heterocycles. The van der Waals surface area contributed by atoms with Crippen molar-refractivity contribution in [3.8, 4) is 5.69 Å². The molecule has 2 aromatic carbocycles. The number of aromatic nitrogens is 3. The van der Waals surface area contributed by atoms with Crippen molar-refractivity contribution in [2.75, 3.05) is 11.9 Å². The average molecular weight is 434 g/mol. The Morgan fingerprint density at radius 1 is 1.13 bits per heavy atom. The Morgan fingerprint density at radius 3 is 2.74 bits per heavy atom. The molecule has 2 aromatic heterocycles. The van der Waals surface area contributed by atoms with Crippen molar-refractivity contribution in [2.24, 2.45) is 0 Å². The number of anilines is 1. The standard InChI is InChI=1S/C22H18N4O4S/c1-2-30-19(27)11-14-12-31-22(24-14)25-20(28)16-8-4-6-10-18(16)26-13-23-17-9-5-3-7-15(17)21(26)29/h3-10,12-13H,2,11H2,1H3,(H,24,25,28). The fraction of sp³-hybridized carbons (Fsp3) is 0.136. The normalized spacial score (nSPS) is 10.7. The van der Waals surface area contributed by atoms with Gasteiger partial charge in [-0.15, -0.1) is 11.3 Å². The van der Waals surface area contributed by atoms with Gasteiger partial charge in [0.25, 0.3) is 11.5 Å². The third-order valence-corrected chi connectivity index (χ3v) is 5.28. The predicted molar refractivity (Wildman–Crippen MR) is 118 cm³/mol. The van der Waals surface area contributed by atoms with Crippen LogP contribution in [0.5, 0.6) is 0 Å². The number of carbonyl (C=O) groups is 2. The topological polar surface area (TPSA) is 103 Å². The molecule has 1 N–H and O–H groups in total. The van der Waals surface area contributed by atoms with Crippen LogP contribution >= 0.6 is 11.3 Å². The van der Waals surface area contributed by atoms with Crippen molar-refractivity contribution in [3.63, 3.8) is 0 Å². The first kappa shape index (κ1) is 20.4. The van der Waals surface area contributed by atoms with E-state index < -0.39 is 5.91 Å². The summed E-state index contributed by atoms with van der Waals surface area (Å²) in [4.78, 5) is 46.1. The highest BCUT2D eigenvalue weighted by Gasteiger charge is 2.17. The minimum atomic E-state index is -0.423. The SMILES string of the molecule is CCOC(=O)Cc1csc(NC(=O)c2ccccc2-n2cnc3ccccc3c2=O)n1. The van der Waals surface area contributed by atoms with Gasteiger partial charge in [0.05, 0.1) is 40.9 Å². The summed E-state index contributed by atoms with van der Waals surface area (Å²) in [5.41, 5.74) is 1.54. The zero-order valence-corrected chi connectivity index (χ0v) is 17.4. The second-order valence-corrected chi connectivity index (χ2v) is 7.39. The highest BCUT2D eigenvalue weighted by molar-refractivity contribution is 7.14. The maximum Gasteiger partial charge on any atom is 0.311 e. The third-order valence-electron chi connectivity index (χ3n) is 4.48. The Morgan fingerprint density at radius 2 is 1.90 bits per heavy atom. The summed E-state index contributed by atoms with van der Waals surface area (Å²) in [6, 6.07) is 13.8.